The summed E-state index contributed by atoms with van der Waals surface area (Å²) < 4.78 is 28.0. The van der Waals surface area contributed by atoms with Crippen molar-refractivity contribution in [1.29, 1.82) is 0 Å². The van der Waals surface area contributed by atoms with E-state index in [2.05, 4.69) is 20.9 Å². The molecule has 6 heteroatoms. The summed E-state index contributed by atoms with van der Waals surface area (Å²) in [5.41, 5.74) is 7.11. The number of rotatable bonds is 2. The first kappa shape index (κ1) is 14.0. The molecule has 2 aromatic carbocycles. The first-order valence-electron chi connectivity index (χ1n) is 6.36. The Bertz CT molecular complexity index is 718. The SMILES string of the molecule is NC1=NCC(c2ccc(F)cc2F)N1c1ccccc1Br. The highest BCUT2D eigenvalue weighted by atomic mass is 79.9. The summed E-state index contributed by atoms with van der Waals surface area (Å²) in [6, 6.07) is 10.7. The van der Waals surface area contributed by atoms with E-state index < -0.39 is 11.6 Å². The van der Waals surface area contributed by atoms with Crippen molar-refractivity contribution in [3.63, 3.8) is 0 Å². The predicted octanol–water partition coefficient (Wildman–Crippen LogP) is 3.60. The molecule has 3 nitrogen and oxygen atoms in total. The van der Waals surface area contributed by atoms with Crippen LogP contribution in [-0.4, -0.2) is 12.5 Å². The normalized spacial score (nSPS) is 18.0. The molecule has 108 valence electrons. The number of anilines is 1. The zero-order valence-electron chi connectivity index (χ0n) is 10.9. The van der Waals surface area contributed by atoms with Gasteiger partial charge in [0.2, 0.25) is 0 Å². The van der Waals surface area contributed by atoms with E-state index in [9.17, 15) is 8.78 Å². The Morgan fingerprint density at radius 2 is 1.95 bits per heavy atom. The molecule has 0 saturated carbocycles. The van der Waals surface area contributed by atoms with Crippen LogP contribution in [0.2, 0.25) is 0 Å². The van der Waals surface area contributed by atoms with E-state index in [4.69, 9.17) is 5.73 Å². The molecular formula is C15H12BrF2N3. The van der Waals surface area contributed by atoms with E-state index in [1.54, 1.807) is 4.90 Å². The van der Waals surface area contributed by atoms with E-state index in [0.717, 1.165) is 16.2 Å². The lowest BCUT2D eigenvalue weighted by molar-refractivity contribution is 0.560. The first-order chi connectivity index (χ1) is 10.1. The van der Waals surface area contributed by atoms with Gasteiger partial charge in [-0.2, -0.15) is 0 Å². The summed E-state index contributed by atoms with van der Waals surface area (Å²) in [5.74, 6) is -0.881. The molecule has 0 amide bonds. The fourth-order valence-corrected chi connectivity index (χ4v) is 2.92. The Labute approximate surface area is 129 Å². The van der Waals surface area contributed by atoms with Gasteiger partial charge in [0.15, 0.2) is 5.96 Å². The molecule has 2 N–H and O–H groups in total. The molecule has 0 radical (unpaired) electrons. The molecule has 0 aromatic heterocycles. The van der Waals surface area contributed by atoms with Crippen LogP contribution in [0.15, 0.2) is 51.9 Å². The van der Waals surface area contributed by atoms with Crippen molar-refractivity contribution in [2.45, 2.75) is 6.04 Å². The molecular weight excluding hydrogens is 340 g/mol. The molecule has 2 aromatic rings. The number of hydrogen-bond donors (Lipinski definition) is 1. The number of halogens is 3. The lowest BCUT2D eigenvalue weighted by atomic mass is 10.0. The molecule has 1 heterocycles. The summed E-state index contributed by atoms with van der Waals surface area (Å²) in [6.45, 7) is 0.329. The molecule has 0 spiro atoms. The third-order valence-electron chi connectivity index (χ3n) is 3.42. The van der Waals surface area contributed by atoms with Crippen LogP contribution in [0.4, 0.5) is 14.5 Å². The molecule has 1 aliphatic heterocycles. The fourth-order valence-electron chi connectivity index (χ4n) is 2.45. The van der Waals surface area contributed by atoms with Gasteiger partial charge in [-0.1, -0.05) is 18.2 Å². The van der Waals surface area contributed by atoms with E-state index >= 15 is 0 Å². The minimum Gasteiger partial charge on any atom is -0.369 e. The van der Waals surface area contributed by atoms with Crippen molar-refractivity contribution < 1.29 is 8.78 Å². The average molecular weight is 352 g/mol. The topological polar surface area (TPSA) is 41.6 Å². The van der Waals surface area contributed by atoms with Crippen LogP contribution in [0.1, 0.15) is 11.6 Å². The van der Waals surface area contributed by atoms with E-state index in [0.29, 0.717) is 18.1 Å². The largest absolute Gasteiger partial charge is 0.369 e. The van der Waals surface area contributed by atoms with Crippen molar-refractivity contribution in [2.75, 3.05) is 11.4 Å². The predicted molar refractivity (Wildman–Crippen MR) is 82.2 cm³/mol. The Balaban J connectivity index is 2.05. The molecule has 0 saturated heterocycles. The van der Waals surface area contributed by atoms with Crippen LogP contribution in [0, 0.1) is 11.6 Å². The number of hydrogen-bond acceptors (Lipinski definition) is 3. The van der Waals surface area contributed by atoms with Crippen LogP contribution < -0.4 is 10.6 Å². The van der Waals surface area contributed by atoms with Crippen LogP contribution in [0.3, 0.4) is 0 Å². The average Bonchev–Trinajstić information content (AvgIpc) is 2.81. The molecule has 3 rings (SSSR count). The minimum atomic E-state index is -0.601. The van der Waals surface area contributed by atoms with Crippen molar-refractivity contribution in [3.05, 3.63) is 64.1 Å². The van der Waals surface area contributed by atoms with Crippen LogP contribution in [0.5, 0.6) is 0 Å². The van der Waals surface area contributed by atoms with E-state index in [-0.39, 0.29) is 6.04 Å². The first-order valence-corrected chi connectivity index (χ1v) is 7.16. The van der Waals surface area contributed by atoms with Crippen LogP contribution in [-0.2, 0) is 0 Å². The number of benzene rings is 2. The monoisotopic (exact) mass is 351 g/mol. The number of para-hydroxylation sites is 1. The highest BCUT2D eigenvalue weighted by Crippen LogP contribution is 2.36. The lowest BCUT2D eigenvalue weighted by Crippen LogP contribution is -2.36. The Morgan fingerprint density at radius 3 is 2.67 bits per heavy atom. The molecule has 0 bridgehead atoms. The van der Waals surface area contributed by atoms with Crippen molar-refractivity contribution in [3.8, 4) is 0 Å². The van der Waals surface area contributed by atoms with Gasteiger partial charge in [-0.25, -0.2) is 8.78 Å². The van der Waals surface area contributed by atoms with Gasteiger partial charge in [-0.05, 0) is 34.1 Å². The number of nitrogens with two attached hydrogens (primary N) is 1. The number of guanidine groups is 1. The second kappa shape index (κ2) is 5.44. The standard InChI is InChI=1S/C15H12BrF2N3/c16-11-3-1-2-4-13(11)21-14(8-20-15(21)19)10-6-5-9(17)7-12(10)18/h1-7,14H,8H2,(H2,19,20). The van der Waals surface area contributed by atoms with E-state index in [1.165, 1.54) is 12.1 Å². The third-order valence-corrected chi connectivity index (χ3v) is 4.09. The molecule has 1 atom stereocenters. The van der Waals surface area contributed by atoms with Crippen molar-refractivity contribution in [1.82, 2.24) is 0 Å². The smallest absolute Gasteiger partial charge is 0.196 e. The molecule has 0 aliphatic carbocycles. The summed E-state index contributed by atoms with van der Waals surface area (Å²) in [5, 5.41) is 0. The van der Waals surface area contributed by atoms with Gasteiger partial charge >= 0.3 is 0 Å². The zero-order chi connectivity index (χ0) is 15.0. The Kier molecular flexibility index (Phi) is 3.63. The van der Waals surface area contributed by atoms with Gasteiger partial charge < -0.3 is 10.6 Å². The maximum atomic E-state index is 14.0. The third kappa shape index (κ3) is 2.51. The lowest BCUT2D eigenvalue weighted by Gasteiger charge is -2.27. The summed E-state index contributed by atoms with van der Waals surface area (Å²) in [4.78, 5) is 5.95. The maximum Gasteiger partial charge on any atom is 0.196 e. The van der Waals surface area contributed by atoms with Gasteiger partial charge in [-0.15, -0.1) is 0 Å². The van der Waals surface area contributed by atoms with Crippen molar-refractivity contribution >= 4 is 27.6 Å². The fraction of sp³-hybridized carbons (Fsp3) is 0.133. The highest BCUT2D eigenvalue weighted by Gasteiger charge is 2.31. The van der Waals surface area contributed by atoms with Crippen LogP contribution >= 0.6 is 15.9 Å². The van der Waals surface area contributed by atoms with Crippen molar-refractivity contribution in [2.24, 2.45) is 10.7 Å². The van der Waals surface area contributed by atoms with Gasteiger partial charge in [0.25, 0.3) is 0 Å². The minimum absolute atomic E-state index is 0.315. The van der Waals surface area contributed by atoms with Gasteiger partial charge in [0.1, 0.15) is 11.6 Å². The van der Waals surface area contributed by atoms with Crippen LogP contribution in [0.25, 0.3) is 0 Å². The second-order valence-corrected chi connectivity index (χ2v) is 5.56. The highest BCUT2D eigenvalue weighted by molar-refractivity contribution is 9.10. The van der Waals surface area contributed by atoms with Gasteiger partial charge in [0, 0.05) is 16.1 Å². The number of aliphatic imine (C=N–C) groups is 1. The zero-order valence-corrected chi connectivity index (χ0v) is 12.5. The molecule has 1 aliphatic rings. The second-order valence-electron chi connectivity index (χ2n) is 4.70. The quantitative estimate of drug-likeness (QED) is 0.897. The summed E-state index contributed by atoms with van der Waals surface area (Å²) >= 11 is 3.46. The number of nitrogens with zero attached hydrogens (tertiary/aromatic N) is 2. The maximum absolute atomic E-state index is 14.0. The summed E-state index contributed by atoms with van der Waals surface area (Å²) in [6.07, 6.45) is 0. The van der Waals surface area contributed by atoms with E-state index in [1.807, 2.05) is 24.3 Å². The molecule has 21 heavy (non-hydrogen) atoms. The Hall–Kier alpha value is -1.95. The summed E-state index contributed by atoms with van der Waals surface area (Å²) in [7, 11) is 0. The Morgan fingerprint density at radius 1 is 1.19 bits per heavy atom. The molecule has 1 unspecified atom stereocenters. The van der Waals surface area contributed by atoms with Gasteiger partial charge in [0.05, 0.1) is 18.3 Å². The van der Waals surface area contributed by atoms with Gasteiger partial charge in [-0.3, -0.25) is 4.99 Å². The molecule has 0 fully saturated rings.